The number of hydrogen-bond donors (Lipinski definition) is 2. The van der Waals surface area contributed by atoms with Crippen LogP contribution in [0.4, 0.5) is 0 Å². The normalized spacial score (nSPS) is 13.6. The van der Waals surface area contributed by atoms with Crippen LogP contribution in [0.5, 0.6) is 0 Å². The van der Waals surface area contributed by atoms with Gasteiger partial charge >= 0.3 is 6.64 Å². The van der Waals surface area contributed by atoms with E-state index in [1.807, 2.05) is 0 Å². The summed E-state index contributed by atoms with van der Waals surface area (Å²) in [5.41, 5.74) is 0.959. The second-order valence-corrected chi connectivity index (χ2v) is 7.51. The van der Waals surface area contributed by atoms with Gasteiger partial charge in [-0.3, -0.25) is 0 Å². The summed E-state index contributed by atoms with van der Waals surface area (Å²) in [5, 5.41) is 18.7. The number of nitrogens with one attached hydrogen (secondary N) is 1. The zero-order chi connectivity index (χ0) is 15.4. The maximum Gasteiger partial charge on any atom is 0.303 e. The predicted octanol–water partition coefficient (Wildman–Crippen LogP) is 3.66. The maximum atomic E-state index is 8.68. The largest absolute Gasteiger partial charge is 0.411 e. The SMILES string of the molecule is CCCCOP(=S)(N/N=C(C)/C(C)=N/O)OCCCC. The van der Waals surface area contributed by atoms with Crippen LogP contribution < -0.4 is 5.20 Å². The predicted molar refractivity (Wildman–Crippen MR) is 87.1 cm³/mol. The Morgan fingerprint density at radius 2 is 1.60 bits per heavy atom. The Labute approximate surface area is 126 Å². The van der Waals surface area contributed by atoms with Gasteiger partial charge in [-0.05, 0) is 38.5 Å². The van der Waals surface area contributed by atoms with Crippen molar-refractivity contribution in [2.45, 2.75) is 53.4 Å². The molecule has 0 unspecified atom stereocenters. The Morgan fingerprint density at radius 1 is 1.10 bits per heavy atom. The number of hydrogen-bond acceptors (Lipinski definition) is 6. The molecule has 0 aromatic rings. The van der Waals surface area contributed by atoms with E-state index in [-0.39, 0.29) is 0 Å². The summed E-state index contributed by atoms with van der Waals surface area (Å²) in [6, 6.07) is 0. The quantitative estimate of drug-likeness (QED) is 0.199. The van der Waals surface area contributed by atoms with Gasteiger partial charge in [-0.25, -0.2) is 5.20 Å². The van der Waals surface area contributed by atoms with E-state index in [2.05, 4.69) is 29.3 Å². The van der Waals surface area contributed by atoms with Gasteiger partial charge in [-0.1, -0.05) is 31.8 Å². The van der Waals surface area contributed by atoms with E-state index in [1.54, 1.807) is 13.8 Å². The van der Waals surface area contributed by atoms with Gasteiger partial charge in [0.1, 0.15) is 0 Å². The summed E-state index contributed by atoms with van der Waals surface area (Å²) in [7, 11) is 0. The first kappa shape index (κ1) is 19.5. The Balaban J connectivity index is 4.62. The lowest BCUT2D eigenvalue weighted by atomic mass is 10.3. The zero-order valence-electron chi connectivity index (χ0n) is 12.8. The summed E-state index contributed by atoms with van der Waals surface area (Å²) < 4.78 is 11.3. The lowest BCUT2D eigenvalue weighted by molar-refractivity contribution is 0.233. The van der Waals surface area contributed by atoms with Crippen molar-refractivity contribution in [3.63, 3.8) is 0 Å². The van der Waals surface area contributed by atoms with Crippen LogP contribution in [-0.2, 0) is 20.9 Å². The van der Waals surface area contributed by atoms with Crippen molar-refractivity contribution in [1.29, 1.82) is 0 Å². The van der Waals surface area contributed by atoms with Gasteiger partial charge in [-0.15, -0.1) is 0 Å². The molecule has 118 valence electrons. The van der Waals surface area contributed by atoms with Crippen LogP contribution >= 0.6 is 6.64 Å². The number of unbranched alkanes of at least 4 members (excludes halogenated alkanes) is 2. The van der Waals surface area contributed by atoms with E-state index < -0.39 is 6.64 Å². The van der Waals surface area contributed by atoms with E-state index in [0.29, 0.717) is 24.6 Å². The molecular weight excluding hydrogens is 297 g/mol. The highest BCUT2D eigenvalue weighted by molar-refractivity contribution is 8.08. The van der Waals surface area contributed by atoms with Gasteiger partial charge in [0.2, 0.25) is 0 Å². The highest BCUT2D eigenvalue weighted by atomic mass is 32.5. The van der Waals surface area contributed by atoms with Gasteiger partial charge < -0.3 is 14.3 Å². The topological polar surface area (TPSA) is 75.4 Å². The molecule has 0 fully saturated rings. The molecule has 0 aromatic heterocycles. The highest BCUT2D eigenvalue weighted by Gasteiger charge is 2.18. The first-order chi connectivity index (χ1) is 9.49. The van der Waals surface area contributed by atoms with Crippen molar-refractivity contribution in [1.82, 2.24) is 5.20 Å². The smallest absolute Gasteiger partial charge is 0.303 e. The summed E-state index contributed by atoms with van der Waals surface area (Å²) >= 11 is 5.42. The van der Waals surface area contributed by atoms with Crippen LogP contribution in [0.2, 0.25) is 0 Å². The van der Waals surface area contributed by atoms with Gasteiger partial charge in [0, 0.05) is 0 Å². The van der Waals surface area contributed by atoms with Gasteiger partial charge in [-0.2, -0.15) is 5.10 Å². The summed E-state index contributed by atoms with van der Waals surface area (Å²) in [6.07, 6.45) is 3.92. The monoisotopic (exact) mass is 323 g/mol. The first-order valence-corrected chi connectivity index (χ1v) is 9.52. The lowest BCUT2D eigenvalue weighted by Crippen LogP contribution is -2.15. The fourth-order valence-electron chi connectivity index (χ4n) is 1.04. The van der Waals surface area contributed by atoms with Crippen LogP contribution in [0, 0.1) is 0 Å². The lowest BCUT2D eigenvalue weighted by Gasteiger charge is -2.21. The third kappa shape index (κ3) is 8.64. The van der Waals surface area contributed by atoms with Gasteiger partial charge in [0.15, 0.2) is 0 Å². The Morgan fingerprint density at radius 3 is 2.00 bits per heavy atom. The zero-order valence-corrected chi connectivity index (χ0v) is 14.5. The van der Waals surface area contributed by atoms with Crippen LogP contribution in [-0.4, -0.2) is 29.8 Å². The molecule has 0 radical (unpaired) electrons. The molecule has 0 atom stereocenters. The third-order valence-electron chi connectivity index (χ3n) is 2.53. The second-order valence-electron chi connectivity index (χ2n) is 4.35. The Kier molecular flexibility index (Phi) is 10.9. The molecule has 0 spiro atoms. The Bertz CT molecular complexity index is 361. The first-order valence-electron chi connectivity index (χ1n) is 6.88. The average molecular weight is 323 g/mol. The molecule has 0 aliphatic carbocycles. The molecule has 0 amide bonds. The molecule has 0 bridgehead atoms. The molecule has 8 heteroatoms. The minimum atomic E-state index is -2.62. The third-order valence-corrected chi connectivity index (χ3v) is 4.80. The van der Waals surface area contributed by atoms with Crippen molar-refractivity contribution in [2.75, 3.05) is 13.2 Å². The Hall–Kier alpha value is -0.490. The summed E-state index contributed by atoms with van der Waals surface area (Å²) in [4.78, 5) is 0. The van der Waals surface area contributed by atoms with E-state index >= 15 is 0 Å². The standard InChI is InChI=1S/C12H26N3O3PS/c1-5-7-9-17-19(20,18-10-8-6-2)15-13-11(3)12(4)14-16/h16H,5-10H2,1-4H3,(H,15,20)/b13-11+,14-12+. The molecule has 0 heterocycles. The van der Waals surface area contributed by atoms with Crippen LogP contribution in [0.15, 0.2) is 10.3 Å². The van der Waals surface area contributed by atoms with Crippen molar-refractivity contribution < 1.29 is 14.3 Å². The van der Waals surface area contributed by atoms with E-state index in [9.17, 15) is 0 Å². The molecule has 0 aliphatic rings. The summed E-state index contributed by atoms with van der Waals surface area (Å²) in [6.45, 7) is 6.02. The van der Waals surface area contributed by atoms with E-state index in [0.717, 1.165) is 25.7 Å². The molecule has 0 rings (SSSR count). The number of hydrazone groups is 1. The fourth-order valence-corrected chi connectivity index (χ4v) is 2.81. The van der Waals surface area contributed by atoms with E-state index in [4.69, 9.17) is 26.1 Å². The average Bonchev–Trinajstić information content (AvgIpc) is 2.44. The van der Waals surface area contributed by atoms with Crippen molar-refractivity contribution >= 4 is 29.9 Å². The minimum Gasteiger partial charge on any atom is -0.411 e. The second kappa shape index (κ2) is 11.2. The molecule has 6 nitrogen and oxygen atoms in total. The van der Waals surface area contributed by atoms with Crippen molar-refractivity contribution in [3.05, 3.63) is 0 Å². The van der Waals surface area contributed by atoms with Crippen LogP contribution in [0.1, 0.15) is 53.4 Å². The van der Waals surface area contributed by atoms with Gasteiger partial charge in [0.05, 0.1) is 24.6 Å². The number of rotatable bonds is 11. The highest BCUT2D eigenvalue weighted by Crippen LogP contribution is 2.44. The number of nitrogens with zero attached hydrogens (tertiary/aromatic N) is 2. The maximum absolute atomic E-state index is 8.68. The molecule has 0 aliphatic heterocycles. The van der Waals surface area contributed by atoms with Crippen LogP contribution in [0.25, 0.3) is 0 Å². The molecular formula is C12H26N3O3PS. The van der Waals surface area contributed by atoms with Gasteiger partial charge in [0.25, 0.3) is 0 Å². The molecule has 0 saturated heterocycles. The van der Waals surface area contributed by atoms with Crippen molar-refractivity contribution in [3.8, 4) is 0 Å². The molecule has 0 saturated carbocycles. The molecule has 0 aromatic carbocycles. The fraction of sp³-hybridized carbons (Fsp3) is 0.833. The molecule has 2 N–H and O–H groups in total. The van der Waals surface area contributed by atoms with E-state index in [1.165, 1.54) is 0 Å². The summed E-state index contributed by atoms with van der Waals surface area (Å²) in [5.74, 6) is 0. The van der Waals surface area contributed by atoms with Crippen LogP contribution in [0.3, 0.4) is 0 Å². The van der Waals surface area contributed by atoms with Crippen molar-refractivity contribution in [2.24, 2.45) is 10.3 Å². The molecule has 20 heavy (non-hydrogen) atoms. The minimum absolute atomic E-state index is 0.418. The number of oxime groups is 1.